The van der Waals surface area contributed by atoms with Crippen LogP contribution >= 0.6 is 11.8 Å². The van der Waals surface area contributed by atoms with Crippen molar-refractivity contribution in [1.82, 2.24) is 9.88 Å². The fraction of sp³-hybridized carbons (Fsp3) is 0.190. The summed E-state index contributed by atoms with van der Waals surface area (Å²) in [6.45, 7) is 0.465. The summed E-state index contributed by atoms with van der Waals surface area (Å²) in [6, 6.07) is 17.3. The number of hydrogen-bond acceptors (Lipinski definition) is 4. The molecular weight excluding hydrogens is 344 g/mol. The summed E-state index contributed by atoms with van der Waals surface area (Å²) in [4.78, 5) is 30.5. The highest BCUT2D eigenvalue weighted by molar-refractivity contribution is 7.98. The molecule has 2 aromatic carbocycles. The van der Waals surface area contributed by atoms with E-state index in [1.165, 1.54) is 10.5 Å². The van der Waals surface area contributed by atoms with E-state index in [0.717, 1.165) is 28.8 Å². The molecule has 2 amide bonds. The van der Waals surface area contributed by atoms with Crippen LogP contribution in [0.25, 0.3) is 10.9 Å². The molecule has 0 aliphatic carbocycles. The third-order valence-corrected chi connectivity index (χ3v) is 5.61. The predicted molar refractivity (Wildman–Crippen MR) is 104 cm³/mol. The van der Waals surface area contributed by atoms with E-state index in [9.17, 15) is 9.59 Å². The topological polar surface area (TPSA) is 50.3 Å². The number of imide groups is 1. The zero-order chi connectivity index (χ0) is 17.9. The van der Waals surface area contributed by atoms with Crippen molar-refractivity contribution >= 4 is 34.5 Å². The molecule has 0 radical (unpaired) electrons. The van der Waals surface area contributed by atoms with Gasteiger partial charge in [0.15, 0.2) is 0 Å². The van der Waals surface area contributed by atoms with Crippen molar-refractivity contribution in [3.05, 3.63) is 77.5 Å². The van der Waals surface area contributed by atoms with Crippen molar-refractivity contribution in [3.8, 4) is 0 Å². The normalized spacial score (nSPS) is 13.5. The summed E-state index contributed by atoms with van der Waals surface area (Å²) in [5.41, 5.74) is 3.30. The maximum atomic E-state index is 12.3. The number of hydrogen-bond donors (Lipinski definition) is 0. The molecule has 3 aromatic rings. The first kappa shape index (κ1) is 16.8. The average Bonchev–Trinajstić information content (AvgIpc) is 2.93. The lowest BCUT2D eigenvalue weighted by Gasteiger charge is -2.13. The van der Waals surface area contributed by atoms with Gasteiger partial charge in [0.25, 0.3) is 11.8 Å². The molecule has 5 heteroatoms. The highest BCUT2D eigenvalue weighted by Crippen LogP contribution is 2.24. The number of carbonyl (C=O) groups excluding carboxylic acids is 2. The van der Waals surface area contributed by atoms with Gasteiger partial charge in [-0.2, -0.15) is 11.8 Å². The molecule has 4 rings (SSSR count). The number of carbonyl (C=O) groups is 2. The molecule has 0 saturated carbocycles. The van der Waals surface area contributed by atoms with Crippen LogP contribution in [0.5, 0.6) is 0 Å². The van der Waals surface area contributed by atoms with Crippen LogP contribution in [0.4, 0.5) is 0 Å². The van der Waals surface area contributed by atoms with Crippen LogP contribution in [0.15, 0.2) is 60.8 Å². The Balaban J connectivity index is 1.31. The quantitative estimate of drug-likeness (QED) is 0.488. The highest BCUT2D eigenvalue weighted by Gasteiger charge is 2.34. The van der Waals surface area contributed by atoms with Crippen molar-refractivity contribution < 1.29 is 9.59 Å². The Morgan fingerprint density at radius 3 is 2.38 bits per heavy atom. The zero-order valence-electron chi connectivity index (χ0n) is 14.2. The maximum absolute atomic E-state index is 12.3. The smallest absolute Gasteiger partial charge is 0.261 e. The fourth-order valence-electron chi connectivity index (χ4n) is 3.23. The van der Waals surface area contributed by atoms with Crippen LogP contribution in [0, 0.1) is 0 Å². The van der Waals surface area contributed by atoms with E-state index < -0.39 is 0 Å². The lowest BCUT2D eigenvalue weighted by molar-refractivity contribution is 0.0655. The first-order chi connectivity index (χ1) is 12.8. The van der Waals surface area contributed by atoms with Crippen LogP contribution in [0.2, 0.25) is 0 Å². The van der Waals surface area contributed by atoms with Crippen LogP contribution in [0.1, 0.15) is 32.7 Å². The summed E-state index contributed by atoms with van der Waals surface area (Å²) in [5.74, 6) is 1.41. The van der Waals surface area contributed by atoms with Gasteiger partial charge in [-0.3, -0.25) is 19.5 Å². The van der Waals surface area contributed by atoms with E-state index in [-0.39, 0.29) is 11.8 Å². The van der Waals surface area contributed by atoms with Gasteiger partial charge in [0.05, 0.1) is 16.6 Å². The van der Waals surface area contributed by atoms with Crippen LogP contribution in [-0.2, 0) is 5.75 Å². The van der Waals surface area contributed by atoms with Gasteiger partial charge in [0.2, 0.25) is 0 Å². The van der Waals surface area contributed by atoms with Gasteiger partial charge in [-0.1, -0.05) is 36.4 Å². The molecule has 4 nitrogen and oxygen atoms in total. The number of fused-ring (bicyclic) bond motifs is 2. The molecule has 26 heavy (non-hydrogen) atoms. The Hall–Kier alpha value is -2.66. The predicted octanol–water partition coefficient (Wildman–Crippen LogP) is 4.15. The van der Waals surface area contributed by atoms with E-state index in [1.807, 2.05) is 12.3 Å². The molecule has 0 unspecified atom stereocenters. The molecule has 0 bridgehead atoms. The minimum atomic E-state index is -0.172. The van der Waals surface area contributed by atoms with E-state index in [4.69, 9.17) is 0 Å². The second-order valence-corrected chi connectivity index (χ2v) is 7.31. The van der Waals surface area contributed by atoms with Crippen molar-refractivity contribution in [2.24, 2.45) is 0 Å². The Morgan fingerprint density at radius 1 is 0.885 bits per heavy atom. The van der Waals surface area contributed by atoms with E-state index >= 15 is 0 Å². The minimum absolute atomic E-state index is 0.172. The number of pyridine rings is 1. The first-order valence-corrected chi connectivity index (χ1v) is 9.77. The molecule has 0 saturated heterocycles. The molecule has 1 aromatic heterocycles. The second-order valence-electron chi connectivity index (χ2n) is 6.21. The largest absolute Gasteiger partial charge is 0.274 e. The van der Waals surface area contributed by atoms with E-state index in [1.54, 1.807) is 36.0 Å². The van der Waals surface area contributed by atoms with Gasteiger partial charge in [-0.15, -0.1) is 0 Å². The van der Waals surface area contributed by atoms with Gasteiger partial charge >= 0.3 is 0 Å². The number of nitrogens with zero attached hydrogens (tertiary/aromatic N) is 2. The summed E-state index contributed by atoms with van der Waals surface area (Å²) < 4.78 is 0. The fourth-order valence-corrected chi connectivity index (χ4v) is 4.16. The number of thioether (sulfide) groups is 1. The van der Waals surface area contributed by atoms with Gasteiger partial charge in [0.1, 0.15) is 0 Å². The SMILES string of the molecule is O=C1c2ccccc2C(=O)N1CCCSCc1cccc2cccnc12. The Kier molecular flexibility index (Phi) is 4.71. The molecule has 0 atom stereocenters. The molecular formula is C21H18N2O2S. The second kappa shape index (κ2) is 7.30. The number of benzene rings is 2. The maximum Gasteiger partial charge on any atom is 0.261 e. The highest BCUT2D eigenvalue weighted by atomic mass is 32.2. The van der Waals surface area contributed by atoms with Crippen LogP contribution < -0.4 is 0 Å². The van der Waals surface area contributed by atoms with E-state index in [2.05, 4.69) is 29.2 Å². The minimum Gasteiger partial charge on any atom is -0.274 e. The lowest BCUT2D eigenvalue weighted by Crippen LogP contribution is -2.31. The standard InChI is InChI=1S/C21H18N2O2S/c24-20-17-9-1-2-10-18(17)21(25)23(20)12-5-13-26-14-16-7-3-6-15-8-4-11-22-19(15)16/h1-4,6-11H,5,12-14H2. The van der Waals surface area contributed by atoms with Gasteiger partial charge in [-0.25, -0.2) is 0 Å². The Bertz CT molecular complexity index is 946. The third-order valence-electron chi connectivity index (χ3n) is 4.52. The molecule has 1 aliphatic heterocycles. The van der Waals surface area contributed by atoms with Crippen molar-refractivity contribution in [3.63, 3.8) is 0 Å². The van der Waals surface area contributed by atoms with Crippen molar-refractivity contribution in [1.29, 1.82) is 0 Å². The molecule has 2 heterocycles. The average molecular weight is 362 g/mol. The van der Waals surface area contributed by atoms with Crippen molar-refractivity contribution in [2.75, 3.05) is 12.3 Å². The molecule has 0 N–H and O–H groups in total. The zero-order valence-corrected chi connectivity index (χ0v) is 15.0. The molecule has 1 aliphatic rings. The molecule has 0 spiro atoms. The summed E-state index contributed by atoms with van der Waals surface area (Å²) in [5, 5.41) is 1.15. The van der Waals surface area contributed by atoms with Crippen LogP contribution in [0.3, 0.4) is 0 Å². The van der Waals surface area contributed by atoms with Crippen molar-refractivity contribution in [2.45, 2.75) is 12.2 Å². The van der Waals surface area contributed by atoms with Gasteiger partial charge in [0, 0.05) is 23.9 Å². The number of aromatic nitrogens is 1. The molecule has 130 valence electrons. The third kappa shape index (κ3) is 3.10. The Morgan fingerprint density at radius 2 is 1.62 bits per heavy atom. The monoisotopic (exact) mass is 362 g/mol. The number of amides is 2. The summed E-state index contributed by atoms with van der Waals surface area (Å²) in [6.07, 6.45) is 2.60. The Labute approximate surface area is 156 Å². The lowest BCUT2D eigenvalue weighted by atomic mass is 10.1. The summed E-state index contributed by atoms with van der Waals surface area (Å²) in [7, 11) is 0. The number of para-hydroxylation sites is 1. The summed E-state index contributed by atoms with van der Waals surface area (Å²) >= 11 is 1.80. The first-order valence-electron chi connectivity index (χ1n) is 8.61. The van der Waals surface area contributed by atoms with Gasteiger partial charge in [-0.05, 0) is 35.9 Å². The van der Waals surface area contributed by atoms with Gasteiger partial charge < -0.3 is 0 Å². The number of rotatable bonds is 6. The van der Waals surface area contributed by atoms with Crippen LogP contribution in [-0.4, -0.2) is 34.0 Å². The molecule has 0 fully saturated rings. The van der Waals surface area contributed by atoms with E-state index in [0.29, 0.717) is 17.7 Å².